The maximum Gasteiger partial charge on any atom is 0.274 e. The number of hydrogen-bond acceptors (Lipinski definition) is 1. The molecule has 0 fully saturated rings. The molecule has 0 radical (unpaired) electrons. The average Bonchev–Trinajstić information content (AvgIpc) is 2.54. The molecule has 0 amide bonds. The number of aromatic nitrogens is 2. The highest BCUT2D eigenvalue weighted by Crippen LogP contribution is 2.24. The van der Waals surface area contributed by atoms with Crippen LogP contribution >= 0.6 is 23.2 Å². The molecule has 96 valence electrons. The lowest BCUT2D eigenvalue weighted by Gasteiger charge is -2.04. The molecule has 0 spiro atoms. The van der Waals surface area contributed by atoms with Gasteiger partial charge in [0.2, 0.25) is 0 Å². The summed E-state index contributed by atoms with van der Waals surface area (Å²) in [5.74, 6) is 0.168. The summed E-state index contributed by atoms with van der Waals surface area (Å²) in [4.78, 5) is 12.3. The summed E-state index contributed by atoms with van der Waals surface area (Å²) in [5, 5.41) is 4.04. The third-order valence-electron chi connectivity index (χ3n) is 2.84. The molecule has 0 saturated carbocycles. The van der Waals surface area contributed by atoms with Crippen molar-refractivity contribution in [3.63, 3.8) is 0 Å². The molecule has 0 aliphatic heterocycles. The molecule has 1 heterocycles. The number of halogens is 2. The van der Waals surface area contributed by atoms with E-state index in [2.05, 4.69) is 5.10 Å². The molecule has 1 aromatic heterocycles. The number of aromatic amines is 1. The molecule has 5 heteroatoms. The minimum absolute atomic E-state index is 0.0632. The van der Waals surface area contributed by atoms with Crippen LogP contribution in [-0.2, 0) is 0 Å². The topological polar surface area (TPSA) is 37.8 Å². The molecule has 2 rings (SSSR count). The van der Waals surface area contributed by atoms with Crippen molar-refractivity contribution < 1.29 is 0 Å². The van der Waals surface area contributed by atoms with Gasteiger partial charge in [0.15, 0.2) is 0 Å². The van der Waals surface area contributed by atoms with E-state index in [4.69, 9.17) is 23.2 Å². The van der Waals surface area contributed by atoms with Crippen LogP contribution in [0, 0.1) is 6.92 Å². The Morgan fingerprint density at radius 1 is 1.28 bits per heavy atom. The monoisotopic (exact) mass is 284 g/mol. The zero-order valence-corrected chi connectivity index (χ0v) is 11.9. The van der Waals surface area contributed by atoms with Crippen molar-refractivity contribution in [2.75, 3.05) is 0 Å². The number of H-pyrrole nitrogens is 1. The molecule has 0 bridgehead atoms. The van der Waals surface area contributed by atoms with Gasteiger partial charge in [-0.3, -0.25) is 9.89 Å². The van der Waals surface area contributed by atoms with Gasteiger partial charge in [0.25, 0.3) is 5.56 Å². The van der Waals surface area contributed by atoms with Crippen molar-refractivity contribution >= 4 is 23.2 Å². The summed E-state index contributed by atoms with van der Waals surface area (Å²) in [6, 6.07) is 5.06. The van der Waals surface area contributed by atoms with Crippen LogP contribution in [0.25, 0.3) is 5.69 Å². The highest BCUT2D eigenvalue weighted by Gasteiger charge is 2.16. The van der Waals surface area contributed by atoms with Gasteiger partial charge in [-0.25, -0.2) is 4.68 Å². The number of aryl methyl sites for hydroxylation is 1. The van der Waals surface area contributed by atoms with Gasteiger partial charge in [0, 0.05) is 16.3 Å². The molecule has 0 aliphatic carbocycles. The Hall–Kier alpha value is -1.19. The Labute approximate surface area is 115 Å². The Balaban J connectivity index is 2.66. The second-order valence-corrected chi connectivity index (χ2v) is 5.39. The van der Waals surface area contributed by atoms with Crippen LogP contribution in [0.2, 0.25) is 10.0 Å². The lowest BCUT2D eigenvalue weighted by molar-refractivity contribution is 0.824. The van der Waals surface area contributed by atoms with E-state index < -0.39 is 0 Å². The Kier molecular flexibility index (Phi) is 3.55. The first kappa shape index (κ1) is 13.2. The molecule has 0 aliphatic rings. The molecule has 18 heavy (non-hydrogen) atoms. The molecular weight excluding hydrogens is 271 g/mol. The van der Waals surface area contributed by atoms with Gasteiger partial charge < -0.3 is 0 Å². The van der Waals surface area contributed by atoms with Crippen LogP contribution in [-0.4, -0.2) is 9.78 Å². The molecule has 0 saturated heterocycles. The van der Waals surface area contributed by atoms with Crippen LogP contribution in [0.15, 0.2) is 23.0 Å². The molecule has 1 aromatic carbocycles. The van der Waals surface area contributed by atoms with E-state index in [0.717, 1.165) is 11.3 Å². The quantitative estimate of drug-likeness (QED) is 0.892. The van der Waals surface area contributed by atoms with E-state index in [1.54, 1.807) is 18.2 Å². The number of rotatable bonds is 2. The minimum Gasteiger partial charge on any atom is -0.295 e. The first-order valence-electron chi connectivity index (χ1n) is 5.68. The normalized spacial score (nSPS) is 11.2. The smallest absolute Gasteiger partial charge is 0.274 e. The van der Waals surface area contributed by atoms with Gasteiger partial charge in [0.1, 0.15) is 0 Å². The van der Waals surface area contributed by atoms with Crippen molar-refractivity contribution in [3.05, 3.63) is 49.9 Å². The minimum atomic E-state index is -0.0632. The van der Waals surface area contributed by atoms with Crippen LogP contribution < -0.4 is 5.56 Å². The number of benzene rings is 1. The predicted octanol–water partition coefficient (Wildman–Crippen LogP) is 3.90. The lowest BCUT2D eigenvalue weighted by Crippen LogP contribution is -2.18. The standard InChI is InChI=1S/C13H14Cl2N2O/c1-7(2)12-8(3)16-17(13(12)18)11-5-4-9(14)6-10(11)15/h4-7,16H,1-3H3. The summed E-state index contributed by atoms with van der Waals surface area (Å²) in [6.45, 7) is 5.87. The van der Waals surface area contributed by atoms with Crippen molar-refractivity contribution in [1.29, 1.82) is 0 Å². The van der Waals surface area contributed by atoms with Gasteiger partial charge in [-0.1, -0.05) is 37.0 Å². The third-order valence-corrected chi connectivity index (χ3v) is 3.38. The van der Waals surface area contributed by atoms with E-state index in [0.29, 0.717) is 15.7 Å². The summed E-state index contributed by atoms with van der Waals surface area (Å²) >= 11 is 12.0. The molecule has 1 N–H and O–H groups in total. The third kappa shape index (κ3) is 2.20. The summed E-state index contributed by atoms with van der Waals surface area (Å²) in [7, 11) is 0. The molecular formula is C13H14Cl2N2O. The summed E-state index contributed by atoms with van der Waals surface area (Å²) in [6.07, 6.45) is 0. The Bertz CT molecular complexity index is 641. The Morgan fingerprint density at radius 3 is 2.44 bits per heavy atom. The fourth-order valence-corrected chi connectivity index (χ4v) is 2.56. The highest BCUT2D eigenvalue weighted by molar-refractivity contribution is 6.35. The van der Waals surface area contributed by atoms with Crippen LogP contribution in [0.5, 0.6) is 0 Å². The zero-order valence-electron chi connectivity index (χ0n) is 10.4. The number of nitrogens with one attached hydrogen (secondary N) is 1. The van der Waals surface area contributed by atoms with Crippen molar-refractivity contribution in [2.45, 2.75) is 26.7 Å². The van der Waals surface area contributed by atoms with Gasteiger partial charge in [-0.15, -0.1) is 0 Å². The molecule has 0 unspecified atom stereocenters. The van der Waals surface area contributed by atoms with Gasteiger partial charge >= 0.3 is 0 Å². The predicted molar refractivity (Wildman–Crippen MR) is 75.2 cm³/mol. The van der Waals surface area contributed by atoms with Gasteiger partial charge in [-0.2, -0.15) is 0 Å². The summed E-state index contributed by atoms with van der Waals surface area (Å²) in [5.41, 5.74) is 2.19. The molecule has 2 aromatic rings. The Morgan fingerprint density at radius 2 is 1.94 bits per heavy atom. The zero-order chi connectivity index (χ0) is 13.4. The maximum atomic E-state index is 12.3. The second kappa shape index (κ2) is 4.82. The largest absolute Gasteiger partial charge is 0.295 e. The van der Waals surface area contributed by atoms with Crippen LogP contribution in [0.3, 0.4) is 0 Å². The first-order valence-corrected chi connectivity index (χ1v) is 6.44. The van der Waals surface area contributed by atoms with Gasteiger partial charge in [0.05, 0.1) is 10.7 Å². The van der Waals surface area contributed by atoms with E-state index in [1.807, 2.05) is 20.8 Å². The van der Waals surface area contributed by atoms with Crippen molar-refractivity contribution in [3.8, 4) is 5.69 Å². The highest BCUT2D eigenvalue weighted by atomic mass is 35.5. The fourth-order valence-electron chi connectivity index (χ4n) is 2.07. The SMILES string of the molecule is Cc1[nH]n(-c2ccc(Cl)cc2Cl)c(=O)c1C(C)C. The van der Waals surface area contributed by atoms with E-state index in [9.17, 15) is 4.79 Å². The summed E-state index contributed by atoms with van der Waals surface area (Å²) < 4.78 is 1.46. The average molecular weight is 285 g/mol. The second-order valence-electron chi connectivity index (χ2n) is 4.54. The molecule has 0 atom stereocenters. The van der Waals surface area contributed by atoms with Crippen LogP contribution in [0.4, 0.5) is 0 Å². The van der Waals surface area contributed by atoms with Crippen molar-refractivity contribution in [2.24, 2.45) is 0 Å². The fraction of sp³-hybridized carbons (Fsp3) is 0.308. The van der Waals surface area contributed by atoms with Crippen molar-refractivity contribution in [1.82, 2.24) is 9.78 Å². The first-order chi connectivity index (χ1) is 8.41. The van der Waals surface area contributed by atoms with E-state index in [1.165, 1.54) is 4.68 Å². The van der Waals surface area contributed by atoms with E-state index >= 15 is 0 Å². The van der Waals surface area contributed by atoms with Gasteiger partial charge in [-0.05, 0) is 31.0 Å². The van der Waals surface area contributed by atoms with Crippen LogP contribution in [0.1, 0.15) is 31.0 Å². The maximum absolute atomic E-state index is 12.3. The number of hydrogen-bond donors (Lipinski definition) is 1. The number of nitrogens with zero attached hydrogens (tertiary/aromatic N) is 1. The molecule has 3 nitrogen and oxygen atoms in total. The van der Waals surface area contributed by atoms with E-state index in [-0.39, 0.29) is 11.5 Å². The lowest BCUT2D eigenvalue weighted by atomic mass is 10.1.